The number of rotatable bonds is 12. The van der Waals surface area contributed by atoms with Gasteiger partial charge in [-0.25, -0.2) is 8.42 Å². The highest BCUT2D eigenvalue weighted by molar-refractivity contribution is 7.95. The van der Waals surface area contributed by atoms with Crippen LogP contribution >= 0.6 is 0 Å². The molecule has 0 bridgehead atoms. The van der Waals surface area contributed by atoms with Gasteiger partial charge in [-0.3, -0.25) is 15.0 Å². The summed E-state index contributed by atoms with van der Waals surface area (Å²) >= 11 is 0. The molecule has 42 heavy (non-hydrogen) atoms. The Bertz CT molecular complexity index is 1550. The lowest BCUT2D eigenvalue weighted by atomic mass is 10.0. The minimum absolute atomic E-state index is 0.0101. The normalized spacial score (nSPS) is 13.1. The van der Waals surface area contributed by atoms with Gasteiger partial charge in [-0.1, -0.05) is 31.6 Å². The monoisotopic (exact) mass is 602 g/mol. The number of amides is 2. The molecule has 2 aromatic rings. The van der Waals surface area contributed by atoms with Gasteiger partial charge in [0.05, 0.1) is 21.4 Å². The summed E-state index contributed by atoms with van der Waals surface area (Å²) in [7, 11) is -4.61. The average molecular weight is 603 g/mol. The topological polar surface area (TPSA) is 142 Å². The average Bonchev–Trinajstić information content (AvgIpc) is 2.90. The molecule has 0 aliphatic heterocycles. The van der Waals surface area contributed by atoms with Gasteiger partial charge in [0.2, 0.25) is 21.7 Å². The lowest BCUT2D eigenvalue weighted by Gasteiger charge is -2.19. The summed E-state index contributed by atoms with van der Waals surface area (Å²) in [6.07, 6.45) is -0.702. The second kappa shape index (κ2) is 14.5. The van der Waals surface area contributed by atoms with Gasteiger partial charge in [-0.05, 0) is 80.5 Å². The molecule has 1 atom stereocenters. The van der Waals surface area contributed by atoms with E-state index in [1.807, 2.05) is 6.92 Å². The first-order valence-electron chi connectivity index (χ1n) is 12.8. The fraction of sp³-hybridized carbons (Fsp3) is 0.267. The van der Waals surface area contributed by atoms with Crippen LogP contribution in [0.1, 0.15) is 62.8 Å². The first-order chi connectivity index (χ1) is 19.6. The van der Waals surface area contributed by atoms with Crippen molar-refractivity contribution in [2.24, 2.45) is 5.73 Å². The van der Waals surface area contributed by atoms with Crippen LogP contribution in [0.5, 0.6) is 0 Å². The molecule has 1 unspecified atom stereocenters. The Kier molecular flexibility index (Phi) is 11.6. The third-order valence-corrected chi connectivity index (χ3v) is 7.80. The second-order valence-electron chi connectivity index (χ2n) is 9.44. The molecule has 8 nitrogen and oxygen atoms in total. The number of carbonyl (C=O) groups excluding carboxylic acids is 2. The summed E-state index contributed by atoms with van der Waals surface area (Å²) in [6, 6.07) is 7.77. The molecule has 0 radical (unpaired) electrons. The SMILES string of the molecule is C=C=C/C=C(\C=C(/C)CCC)S(=O)(=O)c1ccc(C(C)NC(=O)CC(=O)Nc2ccc(C(=N)N)cc2)cc1C(F)(F)F. The third kappa shape index (κ3) is 9.32. The first kappa shape index (κ1) is 33.8. The number of allylic oxidation sites excluding steroid dienone is 4. The molecule has 2 rings (SSSR count). The summed E-state index contributed by atoms with van der Waals surface area (Å²) in [5.41, 5.74) is 7.86. The van der Waals surface area contributed by atoms with Crippen molar-refractivity contribution >= 4 is 33.2 Å². The van der Waals surface area contributed by atoms with E-state index in [0.29, 0.717) is 29.3 Å². The number of amidine groups is 1. The van der Waals surface area contributed by atoms with Crippen molar-refractivity contribution in [3.8, 4) is 0 Å². The first-order valence-corrected chi connectivity index (χ1v) is 14.3. The number of sulfone groups is 1. The molecule has 0 fully saturated rings. The molecular weight excluding hydrogens is 569 g/mol. The van der Waals surface area contributed by atoms with Crippen LogP contribution in [-0.2, 0) is 25.6 Å². The van der Waals surface area contributed by atoms with E-state index in [4.69, 9.17) is 11.1 Å². The fourth-order valence-corrected chi connectivity index (χ4v) is 5.49. The summed E-state index contributed by atoms with van der Waals surface area (Å²) in [6.45, 7) is 8.36. The quantitative estimate of drug-likeness (QED) is 0.0782. The number of nitrogens with one attached hydrogen (secondary N) is 3. The van der Waals surface area contributed by atoms with Crippen LogP contribution in [-0.4, -0.2) is 26.1 Å². The molecular formula is C30H33F3N4O4S. The molecule has 0 aliphatic carbocycles. The number of hydrogen-bond acceptors (Lipinski definition) is 5. The number of hydrogen-bond donors (Lipinski definition) is 4. The van der Waals surface area contributed by atoms with Crippen molar-refractivity contribution in [1.82, 2.24) is 5.32 Å². The van der Waals surface area contributed by atoms with Crippen molar-refractivity contribution in [1.29, 1.82) is 5.41 Å². The Balaban J connectivity index is 2.31. The zero-order valence-corrected chi connectivity index (χ0v) is 24.2. The third-order valence-electron chi connectivity index (χ3n) is 5.99. The molecule has 0 saturated heterocycles. The molecule has 0 aromatic heterocycles. The Hall–Kier alpha value is -4.41. The molecule has 5 N–H and O–H groups in total. The van der Waals surface area contributed by atoms with E-state index in [1.54, 1.807) is 6.92 Å². The van der Waals surface area contributed by atoms with E-state index in [0.717, 1.165) is 18.6 Å². The van der Waals surface area contributed by atoms with Crippen molar-refractivity contribution in [3.63, 3.8) is 0 Å². The van der Waals surface area contributed by atoms with Gasteiger partial charge < -0.3 is 16.4 Å². The van der Waals surface area contributed by atoms with Crippen LogP contribution in [0.2, 0.25) is 0 Å². The molecule has 0 spiro atoms. The van der Waals surface area contributed by atoms with Gasteiger partial charge >= 0.3 is 6.18 Å². The van der Waals surface area contributed by atoms with Gasteiger partial charge in [0, 0.05) is 11.3 Å². The largest absolute Gasteiger partial charge is 0.417 e. The maximum Gasteiger partial charge on any atom is 0.417 e. The standard InChI is InChI=1S/C30H33F3N4O4S/c1-5-7-9-24(16-19(3)8-6-2)42(40,41)26-15-12-22(17-25(26)30(31,32)33)20(4)36-27(38)18-28(39)37-23-13-10-21(11-14-23)29(34)35/h7,9-17,20H,1,6,8,18H2,2-4H3,(H3,34,35)(H,36,38)(H,37,39)/b19-16+,24-9+. The van der Waals surface area contributed by atoms with Crippen molar-refractivity contribution in [2.45, 2.75) is 57.1 Å². The Morgan fingerprint density at radius 1 is 1.14 bits per heavy atom. The van der Waals surface area contributed by atoms with E-state index >= 15 is 0 Å². The van der Waals surface area contributed by atoms with Crippen LogP contribution in [0.15, 0.2) is 88.4 Å². The predicted molar refractivity (Wildman–Crippen MR) is 156 cm³/mol. The molecule has 0 saturated carbocycles. The van der Waals surface area contributed by atoms with Crippen LogP contribution in [0.3, 0.4) is 0 Å². The fourth-order valence-electron chi connectivity index (χ4n) is 3.93. The Labute approximate surface area is 243 Å². The highest BCUT2D eigenvalue weighted by atomic mass is 32.2. The summed E-state index contributed by atoms with van der Waals surface area (Å²) in [4.78, 5) is 23.5. The number of anilines is 1. The maximum absolute atomic E-state index is 14.1. The minimum Gasteiger partial charge on any atom is -0.384 e. The highest BCUT2D eigenvalue weighted by Crippen LogP contribution is 2.38. The zero-order chi connectivity index (χ0) is 31.7. The Morgan fingerprint density at radius 2 is 1.79 bits per heavy atom. The van der Waals surface area contributed by atoms with Gasteiger partial charge in [0.1, 0.15) is 12.3 Å². The number of carbonyl (C=O) groups is 2. The molecule has 0 aliphatic rings. The van der Waals surface area contributed by atoms with Crippen molar-refractivity contribution < 1.29 is 31.2 Å². The number of benzene rings is 2. The van der Waals surface area contributed by atoms with Crippen LogP contribution in [0.25, 0.3) is 0 Å². The molecule has 224 valence electrons. The van der Waals surface area contributed by atoms with Crippen LogP contribution in [0.4, 0.5) is 18.9 Å². The van der Waals surface area contributed by atoms with Crippen molar-refractivity contribution in [2.75, 3.05) is 5.32 Å². The number of nitrogens with two attached hydrogens (primary N) is 1. The lowest BCUT2D eigenvalue weighted by molar-refractivity contribution is -0.140. The smallest absolute Gasteiger partial charge is 0.384 e. The van der Waals surface area contributed by atoms with E-state index < -0.39 is 50.7 Å². The Morgan fingerprint density at radius 3 is 2.33 bits per heavy atom. The number of alkyl halides is 3. The maximum atomic E-state index is 14.1. The van der Waals surface area contributed by atoms with Crippen LogP contribution < -0.4 is 16.4 Å². The van der Waals surface area contributed by atoms with E-state index in [9.17, 15) is 31.2 Å². The second-order valence-corrected chi connectivity index (χ2v) is 11.4. The number of halogens is 3. The van der Waals surface area contributed by atoms with E-state index in [-0.39, 0.29) is 16.3 Å². The van der Waals surface area contributed by atoms with Gasteiger partial charge in [-0.15, -0.1) is 5.73 Å². The van der Waals surface area contributed by atoms with E-state index in [1.165, 1.54) is 49.4 Å². The lowest BCUT2D eigenvalue weighted by Crippen LogP contribution is -2.30. The van der Waals surface area contributed by atoms with Gasteiger partial charge in [0.15, 0.2) is 0 Å². The van der Waals surface area contributed by atoms with Gasteiger partial charge in [0.25, 0.3) is 0 Å². The summed E-state index contributed by atoms with van der Waals surface area (Å²) in [5.74, 6) is -1.59. The summed E-state index contributed by atoms with van der Waals surface area (Å²) in [5, 5.41) is 12.3. The molecule has 2 amide bonds. The zero-order valence-electron chi connectivity index (χ0n) is 23.4. The highest BCUT2D eigenvalue weighted by Gasteiger charge is 2.38. The van der Waals surface area contributed by atoms with Crippen molar-refractivity contribution in [3.05, 3.63) is 100 Å². The summed E-state index contributed by atoms with van der Waals surface area (Å²) < 4.78 is 69.3. The van der Waals surface area contributed by atoms with Crippen LogP contribution in [0, 0.1) is 5.41 Å². The van der Waals surface area contributed by atoms with Gasteiger partial charge in [-0.2, -0.15) is 13.2 Å². The number of nitrogen functional groups attached to an aromatic ring is 1. The minimum atomic E-state index is -5.03. The predicted octanol–water partition coefficient (Wildman–Crippen LogP) is 5.94. The molecule has 2 aromatic carbocycles. The van der Waals surface area contributed by atoms with E-state index in [2.05, 4.69) is 22.9 Å². The molecule has 12 heteroatoms. The molecule has 0 heterocycles.